The van der Waals surface area contributed by atoms with Gasteiger partial charge in [0.25, 0.3) is 0 Å². The molecule has 0 atom stereocenters. The zero-order valence-electron chi connectivity index (χ0n) is 10.7. The number of hydrogen-bond donors (Lipinski definition) is 1. The van der Waals surface area contributed by atoms with Crippen molar-refractivity contribution < 1.29 is 0 Å². The van der Waals surface area contributed by atoms with Crippen LogP contribution in [0.4, 0.5) is 0 Å². The van der Waals surface area contributed by atoms with Crippen molar-refractivity contribution in [1.29, 1.82) is 0 Å². The normalized spacial score (nSPS) is 15.8. The molecule has 0 saturated heterocycles. The second-order valence-electron chi connectivity index (χ2n) is 5.09. The minimum Gasteiger partial charge on any atom is -0.255 e. The van der Waals surface area contributed by atoms with Crippen molar-refractivity contribution in [3.05, 3.63) is 21.0 Å². The topological polar surface area (TPSA) is 46.0 Å². The minimum absolute atomic E-state index is 0.635. The Kier molecular flexibility index (Phi) is 2.50. The highest BCUT2D eigenvalue weighted by Crippen LogP contribution is 2.36. The fraction of sp³-hybridized carbons (Fsp3) is 0.462. The third-order valence-corrected chi connectivity index (χ3v) is 5.35. The molecule has 1 aliphatic carbocycles. The van der Waals surface area contributed by atoms with Crippen LogP contribution in [-0.4, -0.2) is 19.6 Å². The average Bonchev–Trinajstić information content (AvgIpc) is 2.83. The van der Waals surface area contributed by atoms with E-state index in [0.717, 1.165) is 22.7 Å². The van der Waals surface area contributed by atoms with Crippen LogP contribution < -0.4 is 0 Å². The van der Waals surface area contributed by atoms with E-state index in [1.165, 1.54) is 41.5 Å². The van der Waals surface area contributed by atoms with Crippen LogP contribution in [-0.2, 0) is 12.8 Å². The highest BCUT2D eigenvalue weighted by molar-refractivity contribution is 7.71. The summed E-state index contributed by atoms with van der Waals surface area (Å²) in [4.78, 5) is 7.35. The zero-order chi connectivity index (χ0) is 13.0. The van der Waals surface area contributed by atoms with Crippen molar-refractivity contribution in [3.8, 4) is 0 Å². The number of aryl methyl sites for hydroxylation is 3. The van der Waals surface area contributed by atoms with Gasteiger partial charge < -0.3 is 0 Å². The van der Waals surface area contributed by atoms with E-state index < -0.39 is 0 Å². The Labute approximate surface area is 119 Å². The van der Waals surface area contributed by atoms with Crippen LogP contribution in [0.5, 0.6) is 0 Å². The molecule has 6 heteroatoms. The first kappa shape index (κ1) is 11.5. The number of H-pyrrole nitrogens is 1. The van der Waals surface area contributed by atoms with E-state index in [-0.39, 0.29) is 0 Å². The van der Waals surface area contributed by atoms with Gasteiger partial charge in [-0.25, -0.2) is 4.98 Å². The van der Waals surface area contributed by atoms with Crippen molar-refractivity contribution in [2.24, 2.45) is 0 Å². The highest BCUT2D eigenvalue weighted by atomic mass is 32.1. The lowest BCUT2D eigenvalue weighted by atomic mass is 10.1. The first-order valence-corrected chi connectivity index (χ1v) is 7.86. The molecular formula is C13H14N4S2. The van der Waals surface area contributed by atoms with Gasteiger partial charge in [-0.2, -0.15) is 5.10 Å². The predicted octanol–water partition coefficient (Wildman–Crippen LogP) is 3.58. The summed E-state index contributed by atoms with van der Waals surface area (Å²) in [6.45, 7) is 1.99. The van der Waals surface area contributed by atoms with Gasteiger partial charge >= 0.3 is 0 Å². The molecule has 3 aromatic heterocycles. The van der Waals surface area contributed by atoms with Gasteiger partial charge in [0.05, 0.1) is 5.39 Å². The Morgan fingerprint density at radius 3 is 3.00 bits per heavy atom. The van der Waals surface area contributed by atoms with E-state index in [2.05, 4.69) is 10.2 Å². The van der Waals surface area contributed by atoms with Crippen LogP contribution in [0.3, 0.4) is 0 Å². The van der Waals surface area contributed by atoms with E-state index in [1.807, 2.05) is 22.7 Å². The third-order valence-electron chi connectivity index (χ3n) is 3.89. The van der Waals surface area contributed by atoms with Gasteiger partial charge in [-0.3, -0.25) is 9.50 Å². The number of nitrogens with zero attached hydrogens (tertiary/aromatic N) is 3. The van der Waals surface area contributed by atoms with Gasteiger partial charge in [0.15, 0.2) is 5.65 Å². The molecule has 0 aliphatic heterocycles. The molecular weight excluding hydrogens is 276 g/mol. The van der Waals surface area contributed by atoms with Crippen LogP contribution in [0, 0.1) is 11.7 Å². The minimum atomic E-state index is 0.635. The van der Waals surface area contributed by atoms with Gasteiger partial charge in [0, 0.05) is 4.88 Å². The van der Waals surface area contributed by atoms with Crippen LogP contribution >= 0.6 is 23.6 Å². The smallest absolute Gasteiger partial charge is 0.201 e. The van der Waals surface area contributed by atoms with Crippen molar-refractivity contribution in [2.75, 3.05) is 0 Å². The Morgan fingerprint density at radius 2 is 2.11 bits per heavy atom. The van der Waals surface area contributed by atoms with Crippen molar-refractivity contribution in [2.45, 2.75) is 39.0 Å². The Morgan fingerprint density at radius 1 is 1.26 bits per heavy atom. The number of fused-ring (bicyclic) bond motifs is 5. The summed E-state index contributed by atoms with van der Waals surface area (Å²) in [7, 11) is 0. The Hall–Kier alpha value is -1.27. The largest absolute Gasteiger partial charge is 0.255 e. The first-order chi connectivity index (χ1) is 9.25. The molecule has 98 valence electrons. The summed E-state index contributed by atoms with van der Waals surface area (Å²) < 4.78 is 2.59. The molecule has 1 aliphatic rings. The SMILES string of the molecule is Cc1nc2sc3c(c2c2n[nH]c(=S)n12)CCCCC3. The van der Waals surface area contributed by atoms with Crippen LogP contribution in [0.15, 0.2) is 0 Å². The van der Waals surface area contributed by atoms with Crippen molar-refractivity contribution in [3.63, 3.8) is 0 Å². The molecule has 0 aromatic carbocycles. The van der Waals surface area contributed by atoms with E-state index >= 15 is 0 Å². The maximum atomic E-state index is 5.30. The van der Waals surface area contributed by atoms with Crippen molar-refractivity contribution >= 4 is 39.4 Å². The lowest BCUT2D eigenvalue weighted by Crippen LogP contribution is -1.96. The second-order valence-corrected chi connectivity index (χ2v) is 6.56. The van der Waals surface area contributed by atoms with E-state index in [4.69, 9.17) is 17.2 Å². The standard InChI is InChI=1S/C13H14N4S2/c1-7-14-12-10(11-15-16-13(18)17(7)11)8-5-3-2-4-6-9(8)19-12/h2-6H2,1H3,(H,16,18). The Bertz CT molecular complexity index is 840. The van der Waals surface area contributed by atoms with E-state index in [0.29, 0.717) is 4.77 Å². The summed E-state index contributed by atoms with van der Waals surface area (Å²) in [6.07, 6.45) is 6.22. The van der Waals surface area contributed by atoms with E-state index in [9.17, 15) is 0 Å². The van der Waals surface area contributed by atoms with Crippen LogP contribution in [0.2, 0.25) is 0 Å². The molecule has 4 nitrogen and oxygen atoms in total. The van der Waals surface area contributed by atoms with Crippen molar-refractivity contribution in [1.82, 2.24) is 19.6 Å². The number of thiophene rings is 1. The van der Waals surface area contributed by atoms with Gasteiger partial charge in [-0.05, 0) is 50.4 Å². The molecule has 0 unspecified atom stereocenters. The Balaban J connectivity index is 2.19. The third kappa shape index (κ3) is 1.59. The van der Waals surface area contributed by atoms with Gasteiger partial charge in [0.1, 0.15) is 10.7 Å². The number of aromatic amines is 1. The molecule has 4 rings (SSSR count). The molecule has 0 saturated carbocycles. The molecule has 0 amide bonds. The lowest BCUT2D eigenvalue weighted by Gasteiger charge is -2.02. The van der Waals surface area contributed by atoms with Crippen LogP contribution in [0.25, 0.3) is 15.9 Å². The maximum absolute atomic E-state index is 5.30. The summed E-state index contributed by atoms with van der Waals surface area (Å²) in [5, 5.41) is 8.55. The molecule has 3 heterocycles. The monoisotopic (exact) mass is 290 g/mol. The number of hydrogen-bond acceptors (Lipinski definition) is 4. The maximum Gasteiger partial charge on any atom is 0.201 e. The number of nitrogens with one attached hydrogen (secondary N) is 1. The zero-order valence-corrected chi connectivity index (χ0v) is 12.3. The van der Waals surface area contributed by atoms with Gasteiger partial charge in [-0.1, -0.05) is 6.42 Å². The van der Waals surface area contributed by atoms with E-state index in [1.54, 1.807) is 0 Å². The molecule has 19 heavy (non-hydrogen) atoms. The van der Waals surface area contributed by atoms with Crippen LogP contribution in [0.1, 0.15) is 35.5 Å². The lowest BCUT2D eigenvalue weighted by molar-refractivity contribution is 0.713. The summed E-state index contributed by atoms with van der Waals surface area (Å²) in [6, 6.07) is 0. The molecule has 0 fully saturated rings. The summed E-state index contributed by atoms with van der Waals surface area (Å²) in [5.74, 6) is 0.914. The second kappa shape index (κ2) is 4.11. The molecule has 0 spiro atoms. The molecule has 0 radical (unpaired) electrons. The molecule has 1 N–H and O–H groups in total. The number of rotatable bonds is 0. The average molecular weight is 290 g/mol. The van der Waals surface area contributed by atoms with Gasteiger partial charge in [-0.15, -0.1) is 11.3 Å². The predicted molar refractivity (Wildman–Crippen MR) is 79.6 cm³/mol. The molecule has 3 aromatic rings. The highest BCUT2D eigenvalue weighted by Gasteiger charge is 2.20. The fourth-order valence-corrected chi connectivity index (χ4v) is 4.57. The first-order valence-electron chi connectivity index (χ1n) is 6.63. The fourth-order valence-electron chi connectivity index (χ4n) is 3.00. The quantitative estimate of drug-likeness (QED) is 0.508. The molecule has 0 bridgehead atoms. The van der Waals surface area contributed by atoms with Gasteiger partial charge in [0.2, 0.25) is 4.77 Å². The summed E-state index contributed by atoms with van der Waals surface area (Å²) in [5.41, 5.74) is 2.41. The summed E-state index contributed by atoms with van der Waals surface area (Å²) >= 11 is 7.14. The number of aromatic nitrogens is 4.